The van der Waals surface area contributed by atoms with Crippen LogP contribution in [0.2, 0.25) is 5.02 Å². The van der Waals surface area contributed by atoms with E-state index in [1.54, 1.807) is 11.0 Å². The number of piperazine rings is 1. The summed E-state index contributed by atoms with van der Waals surface area (Å²) in [7, 11) is 0. The van der Waals surface area contributed by atoms with Gasteiger partial charge >= 0.3 is 6.36 Å². The summed E-state index contributed by atoms with van der Waals surface area (Å²) in [6.07, 6.45) is -2.30. The Bertz CT molecular complexity index is 1230. The first-order chi connectivity index (χ1) is 15.7. The van der Waals surface area contributed by atoms with Crippen LogP contribution in [0.25, 0.3) is 22.0 Å². The first-order valence-corrected chi connectivity index (χ1v) is 10.2. The monoisotopic (exact) mass is 480 g/mol. The van der Waals surface area contributed by atoms with Gasteiger partial charge in [-0.05, 0) is 36.4 Å². The molecule has 0 aliphatic carbocycles. The number of anilines is 1. The Morgan fingerprint density at radius 3 is 2.48 bits per heavy atom. The number of hydrogen-bond acceptors (Lipinski definition) is 5. The Morgan fingerprint density at radius 1 is 1.09 bits per heavy atom. The lowest BCUT2D eigenvalue weighted by Gasteiger charge is -2.35. The normalized spacial score (nSPS) is 14.5. The Morgan fingerprint density at radius 2 is 1.82 bits per heavy atom. The average molecular weight is 481 g/mol. The van der Waals surface area contributed by atoms with E-state index < -0.39 is 17.9 Å². The number of aromatic nitrogens is 2. The molecule has 1 aromatic heterocycles. The van der Waals surface area contributed by atoms with Gasteiger partial charge in [-0.25, -0.2) is 14.4 Å². The molecular formula is C22H17ClF4N4O2. The molecule has 172 valence electrons. The molecule has 3 aromatic rings. The van der Waals surface area contributed by atoms with Crippen molar-refractivity contribution in [2.45, 2.75) is 6.36 Å². The highest BCUT2D eigenvalue weighted by atomic mass is 35.5. The van der Waals surface area contributed by atoms with Crippen molar-refractivity contribution in [3.05, 3.63) is 60.2 Å². The zero-order valence-corrected chi connectivity index (χ0v) is 17.8. The van der Waals surface area contributed by atoms with E-state index in [-0.39, 0.29) is 22.1 Å². The lowest BCUT2D eigenvalue weighted by Crippen LogP contribution is -2.48. The van der Waals surface area contributed by atoms with Crippen LogP contribution in [0.3, 0.4) is 0 Å². The maximum absolute atomic E-state index is 14.5. The van der Waals surface area contributed by atoms with Gasteiger partial charge in [0.05, 0.1) is 5.52 Å². The second kappa shape index (κ2) is 8.86. The molecule has 2 heterocycles. The lowest BCUT2D eigenvalue weighted by atomic mass is 10.0. The zero-order valence-electron chi connectivity index (χ0n) is 17.1. The third kappa shape index (κ3) is 4.85. The SMILES string of the molecule is C=CC(=O)N1CCN(c2ncnc3cc(-c4cc(OC(F)(F)F)ccc4F)c(Cl)cc23)CC1. The Hall–Kier alpha value is -3.40. The van der Waals surface area contributed by atoms with Gasteiger partial charge in [0.1, 0.15) is 23.7 Å². The molecule has 1 saturated heterocycles. The van der Waals surface area contributed by atoms with Crippen LogP contribution in [0.1, 0.15) is 0 Å². The van der Waals surface area contributed by atoms with Gasteiger partial charge in [-0.3, -0.25) is 4.79 Å². The van der Waals surface area contributed by atoms with Gasteiger partial charge in [0.25, 0.3) is 0 Å². The summed E-state index contributed by atoms with van der Waals surface area (Å²) < 4.78 is 56.1. The van der Waals surface area contributed by atoms with E-state index in [4.69, 9.17) is 11.6 Å². The van der Waals surface area contributed by atoms with Gasteiger partial charge in [0.15, 0.2) is 0 Å². The summed E-state index contributed by atoms with van der Waals surface area (Å²) in [6.45, 7) is 5.52. The second-order valence-electron chi connectivity index (χ2n) is 7.25. The van der Waals surface area contributed by atoms with Crippen LogP contribution in [-0.2, 0) is 4.79 Å². The van der Waals surface area contributed by atoms with Crippen molar-refractivity contribution in [3.63, 3.8) is 0 Å². The van der Waals surface area contributed by atoms with Crippen molar-refractivity contribution in [3.8, 4) is 16.9 Å². The van der Waals surface area contributed by atoms with E-state index in [0.29, 0.717) is 42.9 Å². The number of alkyl halides is 3. The predicted molar refractivity (Wildman–Crippen MR) is 116 cm³/mol. The first-order valence-electron chi connectivity index (χ1n) is 9.82. The number of halogens is 5. The highest BCUT2D eigenvalue weighted by Gasteiger charge is 2.31. The third-order valence-corrected chi connectivity index (χ3v) is 5.54. The van der Waals surface area contributed by atoms with E-state index in [9.17, 15) is 22.4 Å². The van der Waals surface area contributed by atoms with E-state index in [0.717, 1.165) is 18.2 Å². The largest absolute Gasteiger partial charge is 0.573 e. The number of ether oxygens (including phenoxy) is 1. The fourth-order valence-corrected chi connectivity index (χ4v) is 3.96. The Labute approximate surface area is 191 Å². The summed E-state index contributed by atoms with van der Waals surface area (Å²) in [4.78, 5) is 24.0. The van der Waals surface area contributed by atoms with Gasteiger partial charge < -0.3 is 14.5 Å². The number of fused-ring (bicyclic) bond motifs is 1. The Kier molecular flexibility index (Phi) is 6.11. The molecule has 0 atom stereocenters. The van der Waals surface area contributed by atoms with Crippen molar-refractivity contribution in [1.82, 2.24) is 14.9 Å². The standard InChI is InChI=1S/C22H17ClF4N4O2/c1-2-20(32)30-5-7-31(8-6-30)21-16-10-17(23)14(11-19(16)28-12-29-21)15-9-13(3-4-18(15)24)33-22(25,26)27/h2-4,9-12H,1,5-8H2. The fourth-order valence-electron chi connectivity index (χ4n) is 3.70. The number of carbonyl (C=O) groups is 1. The van der Waals surface area contributed by atoms with E-state index in [1.165, 1.54) is 18.5 Å². The first kappa shape index (κ1) is 22.8. The highest BCUT2D eigenvalue weighted by Crippen LogP contribution is 2.38. The minimum Gasteiger partial charge on any atom is -0.406 e. The van der Waals surface area contributed by atoms with E-state index >= 15 is 0 Å². The van der Waals surface area contributed by atoms with Crippen LogP contribution in [0.4, 0.5) is 23.4 Å². The van der Waals surface area contributed by atoms with Crippen LogP contribution in [0.5, 0.6) is 5.75 Å². The molecule has 0 spiro atoms. The molecule has 1 fully saturated rings. The number of hydrogen-bond donors (Lipinski definition) is 0. The second-order valence-corrected chi connectivity index (χ2v) is 7.66. The number of benzene rings is 2. The average Bonchev–Trinajstić information content (AvgIpc) is 2.78. The van der Waals surface area contributed by atoms with Crippen LogP contribution in [0.15, 0.2) is 49.3 Å². The summed E-state index contributed by atoms with van der Waals surface area (Å²) in [6, 6.07) is 5.76. The van der Waals surface area contributed by atoms with Gasteiger partial charge in [-0.15, -0.1) is 13.2 Å². The number of rotatable bonds is 4. The molecule has 6 nitrogen and oxygen atoms in total. The smallest absolute Gasteiger partial charge is 0.406 e. The predicted octanol–water partition coefficient (Wildman–Crippen LogP) is 4.82. The maximum Gasteiger partial charge on any atom is 0.573 e. The Balaban J connectivity index is 1.69. The molecule has 2 aromatic carbocycles. The van der Waals surface area contributed by atoms with E-state index in [2.05, 4.69) is 21.3 Å². The van der Waals surface area contributed by atoms with Crippen molar-refractivity contribution in [2.24, 2.45) is 0 Å². The molecule has 0 saturated carbocycles. The molecule has 0 unspecified atom stereocenters. The molecule has 1 aliphatic rings. The minimum atomic E-state index is -4.91. The van der Waals surface area contributed by atoms with E-state index in [1.807, 2.05) is 4.90 Å². The molecule has 4 rings (SSSR count). The number of amides is 1. The molecule has 0 N–H and O–H groups in total. The van der Waals surface area contributed by atoms with Crippen molar-refractivity contribution in [1.29, 1.82) is 0 Å². The highest BCUT2D eigenvalue weighted by molar-refractivity contribution is 6.34. The molecular weight excluding hydrogens is 464 g/mol. The topological polar surface area (TPSA) is 58.6 Å². The maximum atomic E-state index is 14.5. The van der Waals surface area contributed by atoms with Gasteiger partial charge in [-0.1, -0.05) is 18.2 Å². The fraction of sp³-hybridized carbons (Fsp3) is 0.227. The summed E-state index contributed by atoms with van der Waals surface area (Å²) in [5, 5.41) is 0.708. The van der Waals surface area contributed by atoms with Crippen LogP contribution in [0, 0.1) is 5.82 Å². The summed E-state index contributed by atoms with van der Waals surface area (Å²) in [5.74, 6) is -0.879. The van der Waals surface area contributed by atoms with Crippen molar-refractivity contribution < 1.29 is 27.1 Å². The molecule has 1 amide bonds. The molecule has 33 heavy (non-hydrogen) atoms. The molecule has 0 bridgehead atoms. The zero-order chi connectivity index (χ0) is 23.8. The van der Waals surface area contributed by atoms with Crippen LogP contribution < -0.4 is 9.64 Å². The van der Waals surface area contributed by atoms with Crippen LogP contribution >= 0.6 is 11.6 Å². The van der Waals surface area contributed by atoms with Crippen molar-refractivity contribution in [2.75, 3.05) is 31.1 Å². The van der Waals surface area contributed by atoms with Gasteiger partial charge in [0, 0.05) is 47.7 Å². The molecule has 11 heteroatoms. The number of nitrogens with zero attached hydrogens (tertiary/aromatic N) is 4. The minimum absolute atomic E-state index is 0.113. The van der Waals surface area contributed by atoms with Gasteiger partial charge in [0.2, 0.25) is 5.91 Å². The van der Waals surface area contributed by atoms with Gasteiger partial charge in [-0.2, -0.15) is 0 Å². The quantitative estimate of drug-likeness (QED) is 0.396. The molecule has 0 radical (unpaired) electrons. The molecule has 1 aliphatic heterocycles. The van der Waals surface area contributed by atoms with Crippen molar-refractivity contribution >= 4 is 34.2 Å². The third-order valence-electron chi connectivity index (χ3n) is 5.23. The summed E-state index contributed by atoms with van der Waals surface area (Å²) in [5.41, 5.74) is 0.450. The number of carbonyl (C=O) groups excluding carboxylic acids is 1. The summed E-state index contributed by atoms with van der Waals surface area (Å²) >= 11 is 6.42. The van der Waals surface area contributed by atoms with Crippen LogP contribution in [-0.4, -0.2) is 53.3 Å². The lowest BCUT2D eigenvalue weighted by molar-refractivity contribution is -0.274.